The molecule has 2 N–H and O–H groups in total. The lowest BCUT2D eigenvalue weighted by Crippen LogP contribution is -2.22. The summed E-state index contributed by atoms with van der Waals surface area (Å²) in [5, 5.41) is 12.9. The number of thiophene rings is 1. The zero-order chi connectivity index (χ0) is 22.9. The normalized spacial score (nSPS) is 18.0. The fraction of sp³-hybridized carbons (Fsp3) is 0.308. The lowest BCUT2D eigenvalue weighted by atomic mass is 9.88. The van der Waals surface area contributed by atoms with Gasteiger partial charge in [0.15, 0.2) is 11.5 Å². The van der Waals surface area contributed by atoms with Crippen molar-refractivity contribution in [2.24, 2.45) is 0 Å². The molecule has 1 atom stereocenters. The molecule has 1 fully saturated rings. The van der Waals surface area contributed by atoms with Crippen LogP contribution < -0.4 is 14.8 Å². The van der Waals surface area contributed by atoms with E-state index in [0.29, 0.717) is 22.7 Å². The van der Waals surface area contributed by atoms with Gasteiger partial charge >= 0.3 is 5.97 Å². The highest BCUT2D eigenvalue weighted by molar-refractivity contribution is 7.15. The SMILES string of the molecule is COc1cc([C@H]2CC(=O)Nc3c2sc(C(=O)O)c3-c2ccccc2)ccc1OC1CCCC1. The largest absolute Gasteiger partial charge is 0.493 e. The topological polar surface area (TPSA) is 84.9 Å². The van der Waals surface area contributed by atoms with Gasteiger partial charge in [-0.25, -0.2) is 4.79 Å². The fourth-order valence-corrected chi connectivity index (χ4v) is 6.02. The monoisotopic (exact) mass is 463 g/mol. The molecular weight excluding hydrogens is 438 g/mol. The molecule has 6 nitrogen and oxygen atoms in total. The molecule has 1 saturated carbocycles. The van der Waals surface area contributed by atoms with Crippen molar-refractivity contribution in [2.45, 2.75) is 44.1 Å². The Labute approximate surface area is 196 Å². The predicted octanol–water partition coefficient (Wildman–Crippen LogP) is 5.92. The Morgan fingerprint density at radius 3 is 2.55 bits per heavy atom. The van der Waals surface area contributed by atoms with Crippen LogP contribution in [-0.4, -0.2) is 30.2 Å². The summed E-state index contributed by atoms with van der Waals surface area (Å²) >= 11 is 1.23. The Hall–Kier alpha value is -3.32. The molecule has 0 saturated heterocycles. The predicted molar refractivity (Wildman–Crippen MR) is 128 cm³/mol. The van der Waals surface area contributed by atoms with Gasteiger partial charge in [-0.3, -0.25) is 4.79 Å². The van der Waals surface area contributed by atoms with Crippen LogP contribution in [0.4, 0.5) is 5.69 Å². The number of ether oxygens (including phenoxy) is 2. The van der Waals surface area contributed by atoms with E-state index in [1.807, 2.05) is 48.5 Å². The molecule has 1 amide bonds. The molecule has 2 aromatic carbocycles. The van der Waals surface area contributed by atoms with E-state index in [1.165, 1.54) is 24.2 Å². The first-order valence-corrected chi connectivity index (χ1v) is 12.0. The molecule has 5 rings (SSSR count). The van der Waals surface area contributed by atoms with Crippen LogP contribution in [0.2, 0.25) is 0 Å². The number of anilines is 1. The second-order valence-electron chi connectivity index (χ2n) is 8.46. The number of hydrogen-bond acceptors (Lipinski definition) is 5. The first kappa shape index (κ1) is 21.5. The summed E-state index contributed by atoms with van der Waals surface area (Å²) in [6.07, 6.45) is 4.91. The zero-order valence-corrected chi connectivity index (χ0v) is 19.1. The first-order valence-electron chi connectivity index (χ1n) is 11.1. The van der Waals surface area contributed by atoms with Crippen molar-refractivity contribution in [1.29, 1.82) is 0 Å². The number of methoxy groups -OCH3 is 1. The van der Waals surface area contributed by atoms with Gasteiger partial charge in [-0.05, 0) is 48.9 Å². The van der Waals surface area contributed by atoms with Crippen LogP contribution in [0.3, 0.4) is 0 Å². The van der Waals surface area contributed by atoms with Crippen LogP contribution in [0.1, 0.15) is 58.1 Å². The molecule has 0 radical (unpaired) electrons. The molecule has 2 aliphatic rings. The average molecular weight is 464 g/mol. The molecule has 3 aromatic rings. The summed E-state index contributed by atoms with van der Waals surface area (Å²) in [5.74, 6) is -0.0613. The molecule has 33 heavy (non-hydrogen) atoms. The Morgan fingerprint density at radius 2 is 1.85 bits per heavy atom. The van der Waals surface area contributed by atoms with Crippen molar-refractivity contribution in [3.8, 4) is 22.6 Å². The highest BCUT2D eigenvalue weighted by atomic mass is 32.1. The summed E-state index contributed by atoms with van der Waals surface area (Å²) in [4.78, 5) is 25.9. The Bertz CT molecular complexity index is 1200. The molecule has 1 aliphatic heterocycles. The van der Waals surface area contributed by atoms with Gasteiger partial charge in [-0.2, -0.15) is 0 Å². The van der Waals surface area contributed by atoms with Crippen LogP contribution in [-0.2, 0) is 4.79 Å². The number of aromatic carboxylic acids is 1. The molecule has 2 heterocycles. The van der Waals surface area contributed by atoms with Gasteiger partial charge in [0.1, 0.15) is 4.88 Å². The number of benzene rings is 2. The minimum Gasteiger partial charge on any atom is -0.493 e. The molecule has 0 spiro atoms. The van der Waals surface area contributed by atoms with E-state index in [-0.39, 0.29) is 29.2 Å². The van der Waals surface area contributed by atoms with Crippen LogP contribution in [0.25, 0.3) is 11.1 Å². The molecule has 0 bridgehead atoms. The standard InChI is InChI=1S/C26H25NO5S/c1-31-20-13-16(11-12-19(20)32-17-9-5-6-10-17)18-14-21(28)27-23-22(15-7-3-2-4-8-15)25(26(29)30)33-24(18)23/h2-4,7-8,11-13,17-18H,5-6,9-10,14H2,1H3,(H,27,28)(H,29,30)/t18-/m1/s1. The number of amides is 1. The van der Waals surface area contributed by atoms with Gasteiger partial charge in [0.2, 0.25) is 5.91 Å². The summed E-state index contributed by atoms with van der Waals surface area (Å²) in [7, 11) is 1.61. The van der Waals surface area contributed by atoms with E-state index in [1.54, 1.807) is 7.11 Å². The summed E-state index contributed by atoms with van der Waals surface area (Å²) in [6.45, 7) is 0. The third-order valence-electron chi connectivity index (χ3n) is 6.35. The zero-order valence-electron chi connectivity index (χ0n) is 18.3. The lowest BCUT2D eigenvalue weighted by Gasteiger charge is -2.25. The Balaban J connectivity index is 1.57. The number of fused-ring (bicyclic) bond motifs is 1. The van der Waals surface area contributed by atoms with E-state index in [0.717, 1.165) is 28.8 Å². The Morgan fingerprint density at radius 1 is 1.09 bits per heavy atom. The number of hydrogen-bond donors (Lipinski definition) is 2. The molecule has 1 aromatic heterocycles. The summed E-state index contributed by atoms with van der Waals surface area (Å²) < 4.78 is 11.8. The second-order valence-corrected chi connectivity index (χ2v) is 9.51. The quantitative estimate of drug-likeness (QED) is 0.474. The van der Waals surface area contributed by atoms with Crippen molar-refractivity contribution in [3.05, 3.63) is 63.8 Å². The van der Waals surface area contributed by atoms with E-state index >= 15 is 0 Å². The highest BCUT2D eigenvalue weighted by Gasteiger charge is 2.35. The number of nitrogens with one attached hydrogen (secondary N) is 1. The molecule has 170 valence electrons. The van der Waals surface area contributed by atoms with Crippen molar-refractivity contribution >= 4 is 28.9 Å². The lowest BCUT2D eigenvalue weighted by molar-refractivity contribution is -0.116. The second kappa shape index (κ2) is 8.90. The minimum atomic E-state index is -1.00. The van der Waals surface area contributed by atoms with Crippen molar-refractivity contribution in [1.82, 2.24) is 0 Å². The molecule has 7 heteroatoms. The van der Waals surface area contributed by atoms with Crippen LogP contribution in [0, 0.1) is 0 Å². The van der Waals surface area contributed by atoms with Gasteiger partial charge < -0.3 is 19.9 Å². The summed E-state index contributed by atoms with van der Waals surface area (Å²) in [5.41, 5.74) is 2.83. The van der Waals surface area contributed by atoms with Gasteiger partial charge in [0.05, 0.1) is 18.9 Å². The Kier molecular flexibility index (Phi) is 5.81. The smallest absolute Gasteiger partial charge is 0.346 e. The maximum Gasteiger partial charge on any atom is 0.346 e. The number of carbonyl (C=O) groups is 2. The fourth-order valence-electron chi connectivity index (χ4n) is 4.77. The molecule has 1 aliphatic carbocycles. The average Bonchev–Trinajstić information content (AvgIpc) is 3.47. The number of carboxylic acids is 1. The highest BCUT2D eigenvalue weighted by Crippen LogP contribution is 2.50. The van der Waals surface area contributed by atoms with Gasteiger partial charge in [0.25, 0.3) is 0 Å². The molecular formula is C26H25NO5S. The minimum absolute atomic E-state index is 0.135. The number of rotatable bonds is 6. The van der Waals surface area contributed by atoms with E-state index < -0.39 is 5.97 Å². The van der Waals surface area contributed by atoms with E-state index in [4.69, 9.17) is 9.47 Å². The van der Waals surface area contributed by atoms with E-state index in [9.17, 15) is 14.7 Å². The van der Waals surface area contributed by atoms with Gasteiger partial charge in [0, 0.05) is 22.8 Å². The number of carbonyl (C=O) groups excluding carboxylic acids is 1. The van der Waals surface area contributed by atoms with Crippen LogP contribution in [0.15, 0.2) is 48.5 Å². The molecule has 0 unspecified atom stereocenters. The van der Waals surface area contributed by atoms with Gasteiger partial charge in [-0.15, -0.1) is 11.3 Å². The third-order valence-corrected chi connectivity index (χ3v) is 7.64. The van der Waals surface area contributed by atoms with Crippen molar-refractivity contribution < 1.29 is 24.2 Å². The maximum absolute atomic E-state index is 12.7. The van der Waals surface area contributed by atoms with Crippen LogP contribution >= 0.6 is 11.3 Å². The summed E-state index contributed by atoms with van der Waals surface area (Å²) in [6, 6.07) is 15.1. The first-order chi connectivity index (χ1) is 16.0. The van der Waals surface area contributed by atoms with Crippen LogP contribution in [0.5, 0.6) is 11.5 Å². The number of carboxylic acid groups (broad SMARTS) is 1. The third kappa shape index (κ3) is 4.09. The van der Waals surface area contributed by atoms with Gasteiger partial charge in [-0.1, -0.05) is 36.4 Å². The van der Waals surface area contributed by atoms with Crippen molar-refractivity contribution in [2.75, 3.05) is 12.4 Å². The maximum atomic E-state index is 12.7. The van der Waals surface area contributed by atoms with E-state index in [2.05, 4.69) is 5.32 Å². The van der Waals surface area contributed by atoms with Crippen molar-refractivity contribution in [3.63, 3.8) is 0 Å².